The number of esters is 1. The summed E-state index contributed by atoms with van der Waals surface area (Å²) >= 11 is 0. The first-order valence-corrected chi connectivity index (χ1v) is 4.53. The highest BCUT2D eigenvalue weighted by Crippen LogP contribution is 2.33. The zero-order valence-corrected chi connectivity index (χ0v) is 8.57. The predicted molar refractivity (Wildman–Crippen MR) is 56.2 cm³/mol. The Labute approximate surface area is 91.7 Å². The van der Waals surface area contributed by atoms with Gasteiger partial charge in [-0.05, 0) is 12.1 Å². The maximum atomic E-state index is 11.4. The minimum Gasteiger partial charge on any atom is -0.465 e. The van der Waals surface area contributed by atoms with Crippen molar-refractivity contribution in [2.24, 2.45) is 0 Å². The highest BCUT2D eigenvalue weighted by atomic mass is 16.5. The van der Waals surface area contributed by atoms with Gasteiger partial charge in [0.1, 0.15) is 0 Å². The Hall–Kier alpha value is -2.30. The van der Waals surface area contributed by atoms with E-state index in [1.165, 1.54) is 7.11 Å². The van der Waals surface area contributed by atoms with Gasteiger partial charge in [-0.1, -0.05) is 12.6 Å². The molecule has 5 nitrogen and oxygen atoms in total. The second kappa shape index (κ2) is 3.69. The van der Waals surface area contributed by atoms with Crippen molar-refractivity contribution in [3.05, 3.63) is 36.1 Å². The summed E-state index contributed by atoms with van der Waals surface area (Å²) in [4.78, 5) is 22.8. The normalized spacial score (nSPS) is 13.6. The van der Waals surface area contributed by atoms with Gasteiger partial charge in [0, 0.05) is 0 Å². The van der Waals surface area contributed by atoms with E-state index in [1.807, 2.05) is 0 Å². The molecule has 0 radical (unpaired) electrons. The molecule has 0 unspecified atom stereocenters. The average Bonchev–Trinajstić information content (AvgIpc) is 2.29. The molecule has 0 spiro atoms. The summed E-state index contributed by atoms with van der Waals surface area (Å²) in [6.07, 6.45) is 0. The third-order valence-corrected chi connectivity index (χ3v) is 2.16. The van der Waals surface area contributed by atoms with Gasteiger partial charge in [-0.3, -0.25) is 4.79 Å². The Morgan fingerprint density at radius 1 is 1.50 bits per heavy atom. The molecule has 1 aliphatic heterocycles. The van der Waals surface area contributed by atoms with Crippen molar-refractivity contribution in [3.8, 4) is 5.75 Å². The van der Waals surface area contributed by atoms with Crippen molar-refractivity contribution in [1.29, 1.82) is 0 Å². The fourth-order valence-electron chi connectivity index (χ4n) is 1.39. The number of fused-ring (bicyclic) bond motifs is 1. The maximum Gasteiger partial charge on any atom is 0.340 e. The van der Waals surface area contributed by atoms with Crippen LogP contribution in [0.3, 0.4) is 0 Å². The number of hydrogen-bond acceptors (Lipinski definition) is 4. The third-order valence-electron chi connectivity index (χ3n) is 2.16. The summed E-state index contributed by atoms with van der Waals surface area (Å²) in [6.45, 7) is 3.44. The lowest BCUT2D eigenvalue weighted by molar-refractivity contribution is -0.115. The molecule has 1 aromatic rings. The smallest absolute Gasteiger partial charge is 0.340 e. The lowest BCUT2D eigenvalue weighted by Crippen LogP contribution is -2.24. The SMILES string of the molecule is C=C1Oc2cccc(C(=O)OC)c2NC1=O. The Balaban J connectivity index is 2.52. The fraction of sp³-hybridized carbons (Fsp3) is 0.0909. The molecule has 1 aliphatic rings. The lowest BCUT2D eigenvalue weighted by atomic mass is 10.1. The van der Waals surface area contributed by atoms with Gasteiger partial charge in [0.25, 0.3) is 5.91 Å². The number of nitrogens with one attached hydrogen (secondary N) is 1. The molecule has 1 heterocycles. The van der Waals surface area contributed by atoms with Crippen molar-refractivity contribution in [2.45, 2.75) is 0 Å². The highest BCUT2D eigenvalue weighted by Gasteiger charge is 2.25. The van der Waals surface area contributed by atoms with E-state index in [0.29, 0.717) is 11.4 Å². The summed E-state index contributed by atoms with van der Waals surface area (Å²) in [6, 6.07) is 4.81. The molecule has 1 amide bonds. The molecule has 16 heavy (non-hydrogen) atoms. The maximum absolute atomic E-state index is 11.4. The van der Waals surface area contributed by atoms with Crippen LogP contribution in [0.2, 0.25) is 0 Å². The largest absolute Gasteiger partial charge is 0.465 e. The molecule has 0 aliphatic carbocycles. The monoisotopic (exact) mass is 219 g/mol. The predicted octanol–water partition coefficient (Wildman–Crippen LogP) is 1.32. The number of carbonyl (C=O) groups is 2. The van der Waals surface area contributed by atoms with E-state index < -0.39 is 11.9 Å². The fourth-order valence-corrected chi connectivity index (χ4v) is 1.39. The van der Waals surface area contributed by atoms with E-state index in [0.717, 1.165) is 0 Å². The molecule has 82 valence electrons. The van der Waals surface area contributed by atoms with Gasteiger partial charge < -0.3 is 14.8 Å². The van der Waals surface area contributed by atoms with E-state index in [2.05, 4.69) is 16.6 Å². The summed E-state index contributed by atoms with van der Waals surface area (Å²) in [5.41, 5.74) is 0.563. The minimum atomic E-state index is -0.534. The molecule has 1 N–H and O–H groups in total. The average molecular weight is 219 g/mol. The number of methoxy groups -OCH3 is 1. The second-order valence-corrected chi connectivity index (χ2v) is 3.15. The number of carbonyl (C=O) groups excluding carboxylic acids is 2. The molecule has 0 atom stereocenters. The van der Waals surface area contributed by atoms with Crippen LogP contribution in [0, 0.1) is 0 Å². The van der Waals surface area contributed by atoms with Gasteiger partial charge in [-0.2, -0.15) is 0 Å². The summed E-state index contributed by atoms with van der Waals surface area (Å²) < 4.78 is 9.76. The van der Waals surface area contributed by atoms with Gasteiger partial charge in [0.2, 0.25) is 0 Å². The van der Waals surface area contributed by atoms with Crippen LogP contribution in [-0.4, -0.2) is 19.0 Å². The van der Waals surface area contributed by atoms with Gasteiger partial charge in [0.15, 0.2) is 11.5 Å². The molecule has 0 fully saturated rings. The van der Waals surface area contributed by atoms with E-state index >= 15 is 0 Å². The first-order chi connectivity index (χ1) is 7.63. The molecule has 5 heteroatoms. The van der Waals surface area contributed by atoms with Gasteiger partial charge in [-0.15, -0.1) is 0 Å². The number of para-hydroxylation sites is 1. The molecule has 0 bridgehead atoms. The van der Waals surface area contributed by atoms with E-state index in [1.54, 1.807) is 18.2 Å². The number of ether oxygens (including phenoxy) is 2. The van der Waals surface area contributed by atoms with Crippen molar-refractivity contribution in [2.75, 3.05) is 12.4 Å². The third kappa shape index (κ3) is 1.52. The minimum absolute atomic E-state index is 0.00508. The van der Waals surface area contributed by atoms with Gasteiger partial charge in [-0.25, -0.2) is 4.79 Å². The molecule has 2 rings (SSSR count). The first kappa shape index (κ1) is 10.2. The van der Waals surface area contributed by atoms with Crippen molar-refractivity contribution >= 4 is 17.6 Å². The number of amides is 1. The molecule has 0 saturated carbocycles. The van der Waals surface area contributed by atoms with Crippen LogP contribution < -0.4 is 10.1 Å². The Morgan fingerprint density at radius 3 is 2.94 bits per heavy atom. The second-order valence-electron chi connectivity index (χ2n) is 3.15. The van der Waals surface area contributed by atoms with E-state index in [9.17, 15) is 9.59 Å². The molecular formula is C11H9NO4. The zero-order valence-electron chi connectivity index (χ0n) is 8.57. The summed E-state index contributed by atoms with van der Waals surface area (Å²) in [5, 5.41) is 2.53. The molecule has 0 saturated heterocycles. The van der Waals surface area contributed by atoms with Crippen molar-refractivity contribution in [3.63, 3.8) is 0 Å². The quantitative estimate of drug-likeness (QED) is 0.571. The number of benzene rings is 1. The van der Waals surface area contributed by atoms with Crippen LogP contribution in [-0.2, 0) is 9.53 Å². The standard InChI is InChI=1S/C11H9NO4/c1-6-10(13)12-9-7(11(14)15-2)4-3-5-8(9)16-6/h3-5H,1H2,2H3,(H,12,13). The highest BCUT2D eigenvalue weighted by molar-refractivity contribution is 6.09. The molecule has 0 aromatic heterocycles. The zero-order chi connectivity index (χ0) is 11.7. The summed E-state index contributed by atoms with van der Waals surface area (Å²) in [7, 11) is 1.27. The van der Waals surface area contributed by atoms with Crippen molar-refractivity contribution in [1.82, 2.24) is 0 Å². The first-order valence-electron chi connectivity index (χ1n) is 4.53. The van der Waals surface area contributed by atoms with Crippen LogP contribution in [0.15, 0.2) is 30.5 Å². The molecule has 1 aromatic carbocycles. The molecular weight excluding hydrogens is 210 g/mol. The van der Waals surface area contributed by atoms with Crippen molar-refractivity contribution < 1.29 is 19.1 Å². The lowest BCUT2D eigenvalue weighted by Gasteiger charge is -2.20. The van der Waals surface area contributed by atoms with Crippen LogP contribution in [0.4, 0.5) is 5.69 Å². The summed E-state index contributed by atoms with van der Waals surface area (Å²) in [5.74, 6) is -0.626. The Bertz CT molecular complexity index is 493. The van der Waals surface area contributed by atoms with Crippen LogP contribution in [0.1, 0.15) is 10.4 Å². The van der Waals surface area contributed by atoms with Crippen LogP contribution >= 0.6 is 0 Å². The van der Waals surface area contributed by atoms with Gasteiger partial charge >= 0.3 is 5.97 Å². The number of rotatable bonds is 1. The topological polar surface area (TPSA) is 64.6 Å². The van der Waals surface area contributed by atoms with E-state index in [4.69, 9.17) is 4.74 Å². The van der Waals surface area contributed by atoms with E-state index in [-0.39, 0.29) is 11.3 Å². The Kier molecular flexibility index (Phi) is 2.36. The number of anilines is 1. The van der Waals surface area contributed by atoms with Crippen LogP contribution in [0.25, 0.3) is 0 Å². The number of hydrogen-bond donors (Lipinski definition) is 1. The van der Waals surface area contributed by atoms with Crippen LogP contribution in [0.5, 0.6) is 5.75 Å². The Morgan fingerprint density at radius 2 is 2.25 bits per heavy atom. The van der Waals surface area contributed by atoms with Gasteiger partial charge in [0.05, 0.1) is 18.4 Å².